The van der Waals surface area contributed by atoms with Crippen LogP contribution in [-0.4, -0.2) is 36.6 Å². The van der Waals surface area contributed by atoms with E-state index in [0.29, 0.717) is 10.0 Å². The molecule has 0 fully saturated rings. The van der Waals surface area contributed by atoms with Crippen molar-refractivity contribution in [1.29, 1.82) is 0 Å². The zero-order valence-electron chi connectivity index (χ0n) is 20.0. The number of aromatic nitrogens is 2. The molecule has 1 amide bonds. The lowest BCUT2D eigenvalue weighted by molar-refractivity contribution is -0.119. The van der Waals surface area contributed by atoms with Gasteiger partial charge < -0.3 is 4.57 Å². The maximum absolute atomic E-state index is 13.3. The number of sulfonamides is 1. The molecule has 0 saturated carbocycles. The van der Waals surface area contributed by atoms with E-state index in [0.717, 1.165) is 26.9 Å². The average Bonchev–Trinajstić information content (AvgIpc) is 3.17. The van der Waals surface area contributed by atoms with Gasteiger partial charge in [-0.25, -0.2) is 13.8 Å². The smallest absolute Gasteiger partial charge is 0.264 e. The van der Waals surface area contributed by atoms with Crippen molar-refractivity contribution < 1.29 is 13.2 Å². The highest BCUT2D eigenvalue weighted by atomic mass is 35.5. The lowest BCUT2D eigenvalue weighted by Gasteiger charge is -2.23. The van der Waals surface area contributed by atoms with Gasteiger partial charge in [0.2, 0.25) is 0 Å². The molecule has 2 aromatic carbocycles. The summed E-state index contributed by atoms with van der Waals surface area (Å²) in [4.78, 5) is 16.8. The van der Waals surface area contributed by atoms with Gasteiger partial charge in [-0.2, -0.15) is 5.10 Å². The molecule has 0 radical (unpaired) electrons. The number of hydrazone groups is 1. The number of anilines is 1. The van der Waals surface area contributed by atoms with Crippen LogP contribution in [0.5, 0.6) is 0 Å². The second-order valence-electron chi connectivity index (χ2n) is 8.06. The standard InChI is InChI=1S/C26H23Cl2N5O3S/c1-18-14-20(19(2)33(18)24-12-6-11-23(27)26(24)28)15-30-31-25(34)17-32(21-8-7-13-29-16-21)37(35,36)22-9-4-3-5-10-22/h3-16H,17H2,1-2H3,(H,31,34)/b30-15-. The van der Waals surface area contributed by atoms with Crippen LogP contribution in [0.1, 0.15) is 17.0 Å². The predicted molar refractivity (Wildman–Crippen MR) is 146 cm³/mol. The molecule has 0 aliphatic rings. The molecule has 2 aromatic heterocycles. The molecule has 190 valence electrons. The minimum Gasteiger partial charge on any atom is -0.316 e. The summed E-state index contributed by atoms with van der Waals surface area (Å²) in [6.07, 6.45) is 4.40. The zero-order valence-corrected chi connectivity index (χ0v) is 22.3. The highest BCUT2D eigenvalue weighted by molar-refractivity contribution is 7.92. The number of hydrogen-bond donors (Lipinski definition) is 1. The van der Waals surface area contributed by atoms with Crippen LogP contribution < -0.4 is 9.73 Å². The summed E-state index contributed by atoms with van der Waals surface area (Å²) < 4.78 is 29.5. The lowest BCUT2D eigenvalue weighted by Crippen LogP contribution is -2.39. The van der Waals surface area contributed by atoms with Gasteiger partial charge in [0.15, 0.2) is 0 Å². The third-order valence-corrected chi connectivity index (χ3v) is 8.18. The van der Waals surface area contributed by atoms with Crippen LogP contribution in [0.4, 0.5) is 5.69 Å². The number of pyridine rings is 1. The van der Waals surface area contributed by atoms with Crippen LogP contribution in [0.15, 0.2) is 89.1 Å². The molecule has 0 atom stereocenters. The van der Waals surface area contributed by atoms with Crippen molar-refractivity contribution in [3.05, 3.63) is 106 Å². The maximum atomic E-state index is 13.3. The Morgan fingerprint density at radius 1 is 1.08 bits per heavy atom. The van der Waals surface area contributed by atoms with Crippen LogP contribution in [-0.2, 0) is 14.8 Å². The first-order valence-electron chi connectivity index (χ1n) is 11.1. The fraction of sp³-hybridized carbons (Fsp3) is 0.115. The Balaban J connectivity index is 1.54. The topological polar surface area (TPSA) is 96.7 Å². The van der Waals surface area contributed by atoms with Crippen LogP contribution in [0.25, 0.3) is 5.69 Å². The third kappa shape index (κ3) is 5.69. The summed E-state index contributed by atoms with van der Waals surface area (Å²) >= 11 is 12.6. The Kier molecular flexibility index (Phi) is 7.97. The van der Waals surface area contributed by atoms with E-state index in [1.165, 1.54) is 30.7 Å². The van der Waals surface area contributed by atoms with Gasteiger partial charge >= 0.3 is 0 Å². The lowest BCUT2D eigenvalue weighted by atomic mass is 10.2. The van der Waals surface area contributed by atoms with Crippen LogP contribution >= 0.6 is 23.2 Å². The van der Waals surface area contributed by atoms with E-state index in [4.69, 9.17) is 23.2 Å². The van der Waals surface area contributed by atoms with E-state index in [1.54, 1.807) is 36.4 Å². The summed E-state index contributed by atoms with van der Waals surface area (Å²) in [6.45, 7) is 3.32. The number of nitrogens with one attached hydrogen (secondary N) is 1. The predicted octanol–water partition coefficient (Wildman–Crippen LogP) is 5.14. The summed E-state index contributed by atoms with van der Waals surface area (Å²) in [5.74, 6) is -0.619. The Hall–Kier alpha value is -3.66. The van der Waals surface area contributed by atoms with Crippen molar-refractivity contribution in [3.8, 4) is 5.69 Å². The monoisotopic (exact) mass is 555 g/mol. The second-order valence-corrected chi connectivity index (χ2v) is 10.7. The van der Waals surface area contributed by atoms with E-state index < -0.39 is 22.5 Å². The molecule has 0 unspecified atom stereocenters. The van der Waals surface area contributed by atoms with Gasteiger partial charge in [0.25, 0.3) is 15.9 Å². The van der Waals surface area contributed by atoms with Gasteiger partial charge in [-0.3, -0.25) is 14.1 Å². The van der Waals surface area contributed by atoms with E-state index in [9.17, 15) is 13.2 Å². The zero-order chi connectivity index (χ0) is 26.6. The molecule has 4 rings (SSSR count). The highest BCUT2D eigenvalue weighted by Gasteiger charge is 2.27. The van der Waals surface area contributed by atoms with Crippen LogP contribution in [0.2, 0.25) is 10.0 Å². The molecule has 0 saturated heterocycles. The van der Waals surface area contributed by atoms with Crippen molar-refractivity contribution >= 4 is 51.0 Å². The first-order valence-corrected chi connectivity index (χ1v) is 13.3. The molecule has 0 aliphatic carbocycles. The Labute approximate surface area is 225 Å². The summed E-state index contributed by atoms with van der Waals surface area (Å²) in [6, 6.07) is 18.3. The first kappa shape index (κ1) is 26.4. The number of halogens is 2. The van der Waals surface area contributed by atoms with Gasteiger partial charge in [0, 0.05) is 23.1 Å². The van der Waals surface area contributed by atoms with E-state index in [1.807, 2.05) is 36.6 Å². The largest absolute Gasteiger partial charge is 0.316 e. The number of nitrogens with zero attached hydrogens (tertiary/aromatic N) is 4. The van der Waals surface area contributed by atoms with Gasteiger partial charge in [-0.15, -0.1) is 0 Å². The van der Waals surface area contributed by atoms with Crippen molar-refractivity contribution in [1.82, 2.24) is 15.0 Å². The molecule has 4 aromatic rings. The molecule has 2 heterocycles. The molecule has 0 aliphatic heterocycles. The van der Waals surface area contributed by atoms with E-state index >= 15 is 0 Å². The molecule has 37 heavy (non-hydrogen) atoms. The minimum atomic E-state index is -4.02. The molecule has 0 bridgehead atoms. The number of benzene rings is 2. The number of amides is 1. The van der Waals surface area contributed by atoms with Crippen molar-refractivity contribution in [2.24, 2.45) is 5.10 Å². The summed E-state index contributed by atoms with van der Waals surface area (Å²) in [7, 11) is -4.02. The van der Waals surface area contributed by atoms with E-state index in [2.05, 4.69) is 15.5 Å². The Bertz CT molecular complexity index is 1560. The number of hydrogen-bond acceptors (Lipinski definition) is 5. The summed E-state index contributed by atoms with van der Waals surface area (Å²) in [5.41, 5.74) is 5.88. The third-order valence-electron chi connectivity index (χ3n) is 5.59. The van der Waals surface area contributed by atoms with Crippen molar-refractivity contribution in [2.45, 2.75) is 18.7 Å². The Morgan fingerprint density at radius 3 is 2.54 bits per heavy atom. The summed E-state index contributed by atoms with van der Waals surface area (Å²) in [5, 5.41) is 4.93. The number of rotatable bonds is 8. The number of aryl methyl sites for hydroxylation is 1. The minimum absolute atomic E-state index is 0.0577. The molecular formula is C26H23Cl2N5O3S. The normalized spacial score (nSPS) is 11.6. The number of carbonyl (C=O) groups is 1. The van der Waals surface area contributed by atoms with Crippen LogP contribution in [0, 0.1) is 13.8 Å². The fourth-order valence-corrected chi connectivity index (χ4v) is 5.64. The quantitative estimate of drug-likeness (QED) is 0.240. The number of carbonyl (C=O) groups excluding carboxylic acids is 1. The van der Waals surface area contributed by atoms with Gasteiger partial charge in [0.1, 0.15) is 6.54 Å². The maximum Gasteiger partial charge on any atom is 0.264 e. The molecule has 0 spiro atoms. The Morgan fingerprint density at radius 2 is 1.84 bits per heavy atom. The van der Waals surface area contributed by atoms with Crippen molar-refractivity contribution in [2.75, 3.05) is 10.8 Å². The SMILES string of the molecule is Cc1cc(/C=N\NC(=O)CN(c2cccnc2)S(=O)(=O)c2ccccc2)c(C)n1-c1cccc(Cl)c1Cl. The van der Waals surface area contributed by atoms with Crippen molar-refractivity contribution in [3.63, 3.8) is 0 Å². The van der Waals surface area contributed by atoms with E-state index in [-0.39, 0.29) is 10.6 Å². The first-order chi connectivity index (χ1) is 17.7. The highest BCUT2D eigenvalue weighted by Crippen LogP contribution is 2.31. The molecule has 11 heteroatoms. The second kappa shape index (κ2) is 11.2. The van der Waals surface area contributed by atoms with Crippen LogP contribution in [0.3, 0.4) is 0 Å². The van der Waals surface area contributed by atoms with Gasteiger partial charge in [0.05, 0.1) is 38.7 Å². The fourth-order valence-electron chi connectivity index (χ4n) is 3.83. The molecular weight excluding hydrogens is 533 g/mol. The van der Waals surface area contributed by atoms with Gasteiger partial charge in [-0.1, -0.05) is 47.5 Å². The molecule has 1 N–H and O–H groups in total. The van der Waals surface area contributed by atoms with Gasteiger partial charge in [-0.05, 0) is 56.3 Å². The average molecular weight is 556 g/mol. The molecule has 8 nitrogen and oxygen atoms in total.